The second-order valence-corrected chi connectivity index (χ2v) is 5.11. The maximum absolute atomic E-state index is 6.26. The lowest BCUT2D eigenvalue weighted by Crippen LogP contribution is -1.85. The molecule has 80 valence electrons. The highest BCUT2D eigenvalue weighted by Crippen LogP contribution is 2.44. The third-order valence-corrected chi connectivity index (χ3v) is 3.80. The standard InChI is InChI=1S/C14H10Cl2/c1-7-3-9-4-8(2)14(7)11-5-10(9)12(15)6-13(11)16/h3-6H,1-2H3. The van der Waals surface area contributed by atoms with Crippen molar-refractivity contribution >= 4 is 23.2 Å². The van der Waals surface area contributed by atoms with E-state index < -0.39 is 0 Å². The van der Waals surface area contributed by atoms with Gasteiger partial charge in [0.15, 0.2) is 0 Å². The summed E-state index contributed by atoms with van der Waals surface area (Å²) >= 11 is 12.5. The van der Waals surface area contributed by atoms with Crippen molar-refractivity contribution in [2.75, 3.05) is 0 Å². The summed E-state index contributed by atoms with van der Waals surface area (Å²) in [6, 6.07) is 8.28. The highest BCUT2D eigenvalue weighted by Gasteiger charge is 2.19. The Morgan fingerprint density at radius 3 is 1.94 bits per heavy atom. The van der Waals surface area contributed by atoms with Gasteiger partial charge in [0.25, 0.3) is 0 Å². The van der Waals surface area contributed by atoms with Gasteiger partial charge in [-0.15, -0.1) is 0 Å². The van der Waals surface area contributed by atoms with Crippen molar-refractivity contribution in [3.05, 3.63) is 45.4 Å². The zero-order valence-corrected chi connectivity index (χ0v) is 10.6. The Kier molecular flexibility index (Phi) is 2.07. The molecule has 0 saturated heterocycles. The van der Waals surface area contributed by atoms with Crippen LogP contribution in [0.5, 0.6) is 0 Å². The van der Waals surface area contributed by atoms with Crippen molar-refractivity contribution in [3.63, 3.8) is 0 Å². The zero-order chi connectivity index (χ0) is 11.4. The maximum atomic E-state index is 6.26. The number of hydrogen-bond acceptors (Lipinski definition) is 0. The molecule has 0 fully saturated rings. The van der Waals surface area contributed by atoms with Gasteiger partial charge in [0, 0.05) is 21.2 Å². The van der Waals surface area contributed by atoms with E-state index in [2.05, 4.69) is 32.0 Å². The number of aryl methyl sites for hydroxylation is 2. The van der Waals surface area contributed by atoms with Crippen molar-refractivity contribution in [2.24, 2.45) is 0 Å². The quantitative estimate of drug-likeness (QED) is 0.510. The summed E-state index contributed by atoms with van der Waals surface area (Å²) < 4.78 is 0. The van der Waals surface area contributed by atoms with Crippen LogP contribution in [0, 0.1) is 13.8 Å². The molecule has 0 aromatic heterocycles. The zero-order valence-electron chi connectivity index (χ0n) is 9.07. The van der Waals surface area contributed by atoms with Crippen LogP contribution in [0.15, 0.2) is 24.3 Å². The van der Waals surface area contributed by atoms with Crippen molar-refractivity contribution < 1.29 is 0 Å². The van der Waals surface area contributed by atoms with Crippen LogP contribution in [0.2, 0.25) is 10.0 Å². The summed E-state index contributed by atoms with van der Waals surface area (Å²) in [5.74, 6) is 0. The number of rotatable bonds is 0. The molecule has 2 aromatic rings. The first-order valence-corrected chi connectivity index (χ1v) is 5.94. The molecule has 0 unspecified atom stereocenters. The van der Waals surface area contributed by atoms with E-state index in [4.69, 9.17) is 23.2 Å². The third-order valence-electron chi connectivity index (χ3n) is 3.17. The van der Waals surface area contributed by atoms with Gasteiger partial charge in [0.2, 0.25) is 0 Å². The van der Waals surface area contributed by atoms with Crippen LogP contribution in [-0.4, -0.2) is 0 Å². The van der Waals surface area contributed by atoms with Crippen LogP contribution in [0.3, 0.4) is 0 Å². The van der Waals surface area contributed by atoms with Gasteiger partial charge in [-0.1, -0.05) is 35.3 Å². The summed E-state index contributed by atoms with van der Waals surface area (Å²) in [4.78, 5) is 0. The molecular formula is C14H10Cl2. The molecule has 2 heteroatoms. The van der Waals surface area contributed by atoms with E-state index in [1.807, 2.05) is 6.07 Å². The average Bonchev–Trinajstić information content (AvgIpc) is 2.39. The monoisotopic (exact) mass is 248 g/mol. The van der Waals surface area contributed by atoms with Crippen molar-refractivity contribution in [3.8, 4) is 22.3 Å². The molecule has 0 N–H and O–H groups in total. The largest absolute Gasteiger partial charge is 0.0836 e. The molecule has 2 aliphatic carbocycles. The van der Waals surface area contributed by atoms with Gasteiger partial charge >= 0.3 is 0 Å². The molecular weight excluding hydrogens is 239 g/mol. The van der Waals surface area contributed by atoms with E-state index in [1.165, 1.54) is 22.3 Å². The Balaban J connectivity index is 2.55. The Morgan fingerprint density at radius 2 is 1.31 bits per heavy atom. The number of benzene rings is 2. The van der Waals surface area contributed by atoms with Crippen molar-refractivity contribution in [1.29, 1.82) is 0 Å². The Labute approximate surface area is 105 Å². The lowest BCUT2D eigenvalue weighted by molar-refractivity contribution is 1.40. The number of hydrogen-bond donors (Lipinski definition) is 0. The molecule has 0 nitrogen and oxygen atoms in total. The minimum Gasteiger partial charge on any atom is -0.0836 e. The van der Waals surface area contributed by atoms with Gasteiger partial charge in [-0.3, -0.25) is 0 Å². The predicted octanol–water partition coefficient (Wildman–Crippen LogP) is 5.26. The first-order chi connectivity index (χ1) is 7.58. The second-order valence-electron chi connectivity index (χ2n) is 4.30. The van der Waals surface area contributed by atoms with Gasteiger partial charge in [-0.25, -0.2) is 0 Å². The molecule has 16 heavy (non-hydrogen) atoms. The first-order valence-electron chi connectivity index (χ1n) is 5.19. The van der Waals surface area contributed by atoms with E-state index in [1.54, 1.807) is 0 Å². The fourth-order valence-corrected chi connectivity index (χ4v) is 3.09. The SMILES string of the molecule is Cc1cc2cc(C)c1-c1cc-2c(Cl)cc1Cl. The highest BCUT2D eigenvalue weighted by atomic mass is 35.5. The van der Waals surface area contributed by atoms with Gasteiger partial charge in [0.1, 0.15) is 0 Å². The fraction of sp³-hybridized carbons (Fsp3) is 0.143. The average molecular weight is 249 g/mol. The molecule has 0 aliphatic heterocycles. The smallest absolute Gasteiger partial charge is 0.0499 e. The topological polar surface area (TPSA) is 0 Å². The molecule has 4 bridgehead atoms. The predicted molar refractivity (Wildman–Crippen MR) is 70.4 cm³/mol. The van der Waals surface area contributed by atoms with Gasteiger partial charge in [-0.2, -0.15) is 0 Å². The van der Waals surface area contributed by atoms with Gasteiger partial charge < -0.3 is 0 Å². The van der Waals surface area contributed by atoms with Crippen LogP contribution in [0.1, 0.15) is 11.1 Å². The van der Waals surface area contributed by atoms with Crippen molar-refractivity contribution in [1.82, 2.24) is 0 Å². The van der Waals surface area contributed by atoms with E-state index in [0.29, 0.717) is 0 Å². The number of halogens is 2. The van der Waals surface area contributed by atoms with Gasteiger partial charge in [-0.05, 0) is 48.2 Å². The molecule has 0 atom stereocenters. The lowest BCUT2D eigenvalue weighted by Gasteiger charge is -2.08. The molecule has 2 aliphatic rings. The molecule has 0 spiro atoms. The summed E-state index contributed by atoms with van der Waals surface area (Å²) in [7, 11) is 0. The molecule has 0 amide bonds. The van der Waals surface area contributed by atoms with E-state index in [9.17, 15) is 0 Å². The number of fused-ring (bicyclic) bond motifs is 2. The third kappa shape index (κ3) is 1.24. The molecule has 0 heterocycles. The first kappa shape index (κ1) is 10.2. The van der Waals surface area contributed by atoms with E-state index >= 15 is 0 Å². The minimum atomic E-state index is 0.722. The Hall–Kier alpha value is -0.980. The molecule has 4 rings (SSSR count). The molecule has 0 radical (unpaired) electrons. The van der Waals surface area contributed by atoms with Gasteiger partial charge in [0.05, 0.1) is 0 Å². The van der Waals surface area contributed by atoms with Crippen LogP contribution < -0.4 is 0 Å². The second kappa shape index (κ2) is 3.26. The molecule has 0 saturated carbocycles. The lowest BCUT2D eigenvalue weighted by atomic mass is 9.98. The fourth-order valence-electron chi connectivity index (χ4n) is 2.51. The van der Waals surface area contributed by atoms with Crippen LogP contribution in [0.4, 0.5) is 0 Å². The van der Waals surface area contributed by atoms with Crippen molar-refractivity contribution in [2.45, 2.75) is 13.8 Å². The van der Waals surface area contributed by atoms with E-state index in [-0.39, 0.29) is 0 Å². The van der Waals surface area contributed by atoms with Crippen LogP contribution >= 0.6 is 23.2 Å². The Morgan fingerprint density at radius 1 is 0.750 bits per heavy atom. The maximum Gasteiger partial charge on any atom is 0.0499 e. The summed E-state index contributed by atoms with van der Waals surface area (Å²) in [5, 5.41) is 1.45. The summed E-state index contributed by atoms with van der Waals surface area (Å²) in [5.41, 5.74) is 7.11. The normalized spacial score (nSPS) is 11.8. The minimum absolute atomic E-state index is 0.722. The Bertz CT molecular complexity index is 589. The van der Waals surface area contributed by atoms with Crippen LogP contribution in [0.25, 0.3) is 22.3 Å². The van der Waals surface area contributed by atoms with E-state index in [0.717, 1.165) is 21.2 Å². The summed E-state index contributed by atoms with van der Waals surface area (Å²) in [6.45, 7) is 4.23. The van der Waals surface area contributed by atoms with Crippen LogP contribution in [-0.2, 0) is 0 Å². The highest BCUT2D eigenvalue weighted by molar-refractivity contribution is 6.38. The summed E-state index contributed by atoms with van der Waals surface area (Å²) in [6.07, 6.45) is 0. The molecule has 2 aromatic carbocycles.